The number of thioether (sulfide) groups is 1. The minimum Gasteiger partial charge on any atom is -0.445 e. The summed E-state index contributed by atoms with van der Waals surface area (Å²) < 4.78 is 7.38. The molecule has 2 aromatic heterocycles. The molecule has 0 aliphatic carbocycles. The van der Waals surface area contributed by atoms with Crippen molar-refractivity contribution < 1.29 is 14.5 Å². The summed E-state index contributed by atoms with van der Waals surface area (Å²) in [6.45, 7) is 1.41. The molecule has 3 heterocycles. The smallest absolute Gasteiger partial charge is 0.410 e. The lowest BCUT2D eigenvalue weighted by Crippen LogP contribution is -2.39. The Kier molecular flexibility index (Phi) is 5.49. The molecule has 8 nitrogen and oxygen atoms in total. The first-order valence-electron chi connectivity index (χ1n) is 8.82. The number of amides is 1. The normalized spacial score (nSPS) is 15.1. The molecule has 146 valence electrons. The third-order valence-corrected chi connectivity index (χ3v) is 6.95. The van der Waals surface area contributed by atoms with E-state index in [4.69, 9.17) is 4.74 Å². The predicted octanol–water partition coefficient (Wildman–Crippen LogP) is 4.20. The molecule has 0 N–H and O–H groups in total. The topological polar surface area (TPSA) is 90.0 Å². The predicted molar refractivity (Wildman–Crippen MR) is 107 cm³/mol. The zero-order chi connectivity index (χ0) is 19.5. The highest BCUT2D eigenvalue weighted by Gasteiger charge is 2.25. The number of carbonyl (C=O) groups excluding carboxylic acids is 1. The number of carbonyl (C=O) groups is 1. The van der Waals surface area contributed by atoms with Gasteiger partial charge in [-0.2, -0.15) is 0 Å². The number of aromatic nitrogens is 2. The van der Waals surface area contributed by atoms with Crippen molar-refractivity contribution in [2.75, 3.05) is 13.1 Å². The lowest BCUT2D eigenvalue weighted by molar-refractivity contribution is -0.384. The van der Waals surface area contributed by atoms with Crippen LogP contribution in [0.5, 0.6) is 0 Å². The maximum Gasteiger partial charge on any atom is 0.410 e. The molecule has 0 unspecified atom stereocenters. The molecule has 1 amide bonds. The summed E-state index contributed by atoms with van der Waals surface area (Å²) >= 11 is 3.46. The minimum atomic E-state index is -0.453. The molecule has 28 heavy (non-hydrogen) atoms. The monoisotopic (exact) mass is 418 g/mol. The van der Waals surface area contributed by atoms with E-state index in [9.17, 15) is 14.9 Å². The number of nitro benzene ring substituents is 1. The Balaban J connectivity index is 1.24. The molecule has 1 aliphatic rings. The van der Waals surface area contributed by atoms with E-state index in [0.717, 1.165) is 28.3 Å². The lowest BCUT2D eigenvalue weighted by Gasteiger charge is -2.30. The van der Waals surface area contributed by atoms with Crippen molar-refractivity contribution in [3.63, 3.8) is 0 Å². The summed E-state index contributed by atoms with van der Waals surface area (Å²) in [5.74, 6) is 0. The van der Waals surface area contributed by atoms with Crippen molar-refractivity contribution in [1.82, 2.24) is 14.3 Å². The van der Waals surface area contributed by atoms with Crippen molar-refractivity contribution in [3.8, 4) is 0 Å². The van der Waals surface area contributed by atoms with E-state index in [2.05, 4.69) is 4.98 Å². The molecule has 10 heteroatoms. The second-order valence-electron chi connectivity index (χ2n) is 6.45. The average molecular weight is 419 g/mol. The van der Waals surface area contributed by atoms with Gasteiger partial charge in [-0.25, -0.2) is 9.78 Å². The van der Waals surface area contributed by atoms with Gasteiger partial charge in [0.15, 0.2) is 0 Å². The summed E-state index contributed by atoms with van der Waals surface area (Å²) in [6, 6.07) is 6.02. The summed E-state index contributed by atoms with van der Waals surface area (Å²) in [5, 5.41) is 14.2. The number of hydrogen-bond acceptors (Lipinski definition) is 7. The van der Waals surface area contributed by atoms with Crippen LogP contribution in [0.3, 0.4) is 0 Å². The Morgan fingerprint density at radius 1 is 1.32 bits per heavy atom. The van der Waals surface area contributed by atoms with Crippen LogP contribution < -0.4 is 0 Å². The van der Waals surface area contributed by atoms with Gasteiger partial charge in [0.05, 0.1) is 4.92 Å². The van der Waals surface area contributed by atoms with E-state index in [-0.39, 0.29) is 18.4 Å². The van der Waals surface area contributed by atoms with Crippen molar-refractivity contribution in [2.45, 2.75) is 29.7 Å². The number of thiazole rings is 1. The molecular formula is C18H18N4O4S2. The van der Waals surface area contributed by atoms with E-state index < -0.39 is 4.92 Å². The van der Waals surface area contributed by atoms with Gasteiger partial charge in [-0.3, -0.25) is 14.5 Å². The molecule has 0 atom stereocenters. The van der Waals surface area contributed by atoms with Gasteiger partial charge < -0.3 is 9.64 Å². The number of nitro groups is 1. The number of benzene rings is 1. The number of fused-ring (bicyclic) bond motifs is 1. The van der Waals surface area contributed by atoms with Crippen LogP contribution in [0.25, 0.3) is 4.83 Å². The number of imidazole rings is 1. The molecular weight excluding hydrogens is 400 g/mol. The van der Waals surface area contributed by atoms with Gasteiger partial charge in [0.25, 0.3) is 5.69 Å². The first kappa shape index (κ1) is 18.8. The number of nitrogens with zero attached hydrogens (tertiary/aromatic N) is 4. The Morgan fingerprint density at radius 2 is 2.07 bits per heavy atom. The van der Waals surface area contributed by atoms with Crippen LogP contribution in [0.15, 0.2) is 47.2 Å². The number of rotatable bonds is 5. The summed E-state index contributed by atoms with van der Waals surface area (Å²) in [4.78, 5) is 29.9. The third-order valence-electron chi connectivity index (χ3n) is 4.61. The lowest BCUT2D eigenvalue weighted by atomic mass is 10.1. The maximum absolute atomic E-state index is 12.3. The molecule has 3 aromatic rings. The molecule has 0 saturated carbocycles. The fourth-order valence-electron chi connectivity index (χ4n) is 3.06. The zero-order valence-corrected chi connectivity index (χ0v) is 16.5. The fraction of sp³-hybridized carbons (Fsp3) is 0.333. The first-order valence-corrected chi connectivity index (χ1v) is 10.6. The van der Waals surface area contributed by atoms with Crippen molar-refractivity contribution >= 4 is 39.7 Å². The number of likely N-dealkylation sites (tertiary alicyclic amines) is 1. The number of ether oxygens (including phenoxy) is 1. The molecule has 1 aromatic carbocycles. The highest BCUT2D eigenvalue weighted by atomic mass is 32.2. The zero-order valence-electron chi connectivity index (χ0n) is 14.9. The number of piperidine rings is 1. The molecule has 0 spiro atoms. The van der Waals surface area contributed by atoms with E-state index in [1.807, 2.05) is 22.3 Å². The number of hydrogen-bond donors (Lipinski definition) is 0. The highest BCUT2D eigenvalue weighted by Crippen LogP contribution is 2.33. The van der Waals surface area contributed by atoms with Crippen LogP contribution in [0, 0.1) is 10.1 Å². The minimum absolute atomic E-state index is 0.0205. The van der Waals surface area contributed by atoms with Crippen LogP contribution in [-0.2, 0) is 11.3 Å². The van der Waals surface area contributed by atoms with Crippen LogP contribution in [0.1, 0.15) is 18.4 Å². The molecule has 1 saturated heterocycles. The maximum atomic E-state index is 12.3. The van der Waals surface area contributed by atoms with E-state index >= 15 is 0 Å². The van der Waals surface area contributed by atoms with Gasteiger partial charge in [0, 0.05) is 42.0 Å². The fourth-order valence-corrected chi connectivity index (χ4v) is 5.13. The van der Waals surface area contributed by atoms with Crippen LogP contribution in [0.2, 0.25) is 0 Å². The van der Waals surface area contributed by atoms with E-state index in [1.165, 1.54) is 12.1 Å². The third kappa shape index (κ3) is 4.12. The Hall–Kier alpha value is -2.59. The second kappa shape index (κ2) is 8.19. The van der Waals surface area contributed by atoms with E-state index in [0.29, 0.717) is 18.3 Å². The second-order valence-corrected chi connectivity index (χ2v) is 8.63. The Labute approximate surface area is 169 Å². The van der Waals surface area contributed by atoms with Gasteiger partial charge in [-0.1, -0.05) is 11.8 Å². The van der Waals surface area contributed by atoms with Crippen molar-refractivity contribution in [1.29, 1.82) is 0 Å². The quantitative estimate of drug-likeness (QED) is 0.456. The van der Waals surface area contributed by atoms with Gasteiger partial charge in [0.2, 0.25) is 0 Å². The Morgan fingerprint density at radius 3 is 2.79 bits per heavy atom. The molecule has 4 rings (SSSR count). The van der Waals surface area contributed by atoms with Crippen molar-refractivity contribution in [2.24, 2.45) is 0 Å². The van der Waals surface area contributed by atoms with Crippen LogP contribution in [0.4, 0.5) is 10.5 Å². The van der Waals surface area contributed by atoms with E-state index in [1.54, 1.807) is 40.1 Å². The highest BCUT2D eigenvalue weighted by molar-refractivity contribution is 8.00. The van der Waals surface area contributed by atoms with Gasteiger partial charge in [-0.15, -0.1) is 11.3 Å². The molecule has 0 bridgehead atoms. The SMILES string of the molecule is O=C(OCc1ccc([N+](=O)[O-])cc1)N1CCC(Sc2ncn3ccsc23)CC1. The Bertz CT molecular complexity index is 977. The summed E-state index contributed by atoms with van der Waals surface area (Å²) in [5.41, 5.74) is 0.747. The summed E-state index contributed by atoms with van der Waals surface area (Å²) in [6.07, 6.45) is 5.27. The standard InChI is InChI=1S/C18H18N4O4S2/c23-18(26-11-13-1-3-14(4-2-13)22(24)25)20-7-5-15(6-8-20)28-16-17-21(12-19-16)9-10-27-17/h1-4,9-10,12,15H,5-8,11H2. The first-order chi connectivity index (χ1) is 13.6. The van der Waals surface area contributed by atoms with Gasteiger partial charge in [-0.05, 0) is 30.5 Å². The molecule has 1 fully saturated rings. The van der Waals surface area contributed by atoms with Gasteiger partial charge in [0.1, 0.15) is 22.8 Å². The van der Waals surface area contributed by atoms with Crippen LogP contribution in [-0.4, -0.2) is 43.6 Å². The van der Waals surface area contributed by atoms with Crippen molar-refractivity contribution in [3.05, 3.63) is 57.8 Å². The molecule has 1 aliphatic heterocycles. The largest absolute Gasteiger partial charge is 0.445 e. The van der Waals surface area contributed by atoms with Gasteiger partial charge >= 0.3 is 6.09 Å². The summed E-state index contributed by atoms with van der Waals surface area (Å²) in [7, 11) is 0. The van der Waals surface area contributed by atoms with Crippen LogP contribution >= 0.6 is 23.1 Å². The molecule has 0 radical (unpaired) electrons. The number of non-ortho nitro benzene ring substituents is 1. The average Bonchev–Trinajstić information content (AvgIpc) is 3.32.